The summed E-state index contributed by atoms with van der Waals surface area (Å²) in [6.45, 7) is -0.602. The smallest absolute Gasteiger partial charge is 0.224 e. The van der Waals surface area contributed by atoms with Crippen LogP contribution in [0.25, 0.3) is 0 Å². The second-order valence-corrected chi connectivity index (χ2v) is 5.62. The van der Waals surface area contributed by atoms with Gasteiger partial charge in [0.2, 0.25) is 5.79 Å². The normalized spacial score (nSPS) is 36.7. The molecule has 1 aromatic carbocycles. The lowest BCUT2D eigenvalue weighted by molar-refractivity contribution is -0.366. The number of aliphatic hydroxyl groups is 4. The molecule has 0 radical (unpaired) electrons. The predicted octanol–water partition coefficient (Wildman–Crippen LogP) is -0.139. The first-order chi connectivity index (χ1) is 9.87. The molecule has 0 amide bonds. The molecule has 2 rings (SSSR count). The van der Waals surface area contributed by atoms with Crippen molar-refractivity contribution >= 4 is 15.9 Å². The van der Waals surface area contributed by atoms with E-state index in [-0.39, 0.29) is 10.0 Å². The average Bonchev–Trinajstić information content (AvgIpc) is 2.49. The van der Waals surface area contributed by atoms with Crippen molar-refractivity contribution in [3.05, 3.63) is 34.1 Å². The first kappa shape index (κ1) is 16.8. The average molecular weight is 367 g/mol. The van der Waals surface area contributed by atoms with E-state index < -0.39 is 42.6 Å². The summed E-state index contributed by atoms with van der Waals surface area (Å²) in [5, 5.41) is 39.1. The molecule has 5 atom stereocenters. The van der Waals surface area contributed by atoms with E-state index in [4.69, 9.17) is 9.47 Å². The van der Waals surface area contributed by atoms with E-state index >= 15 is 0 Å². The first-order valence-corrected chi connectivity index (χ1v) is 7.00. The van der Waals surface area contributed by atoms with E-state index in [2.05, 4.69) is 15.9 Å². The molecule has 8 heteroatoms. The third-order valence-electron chi connectivity index (χ3n) is 3.58. The molecule has 0 aliphatic carbocycles. The second kappa shape index (κ2) is 6.25. The van der Waals surface area contributed by atoms with Crippen LogP contribution >= 0.6 is 15.9 Å². The molecule has 0 saturated carbocycles. The van der Waals surface area contributed by atoms with Gasteiger partial charge < -0.3 is 29.9 Å². The molecule has 1 aliphatic heterocycles. The van der Waals surface area contributed by atoms with Gasteiger partial charge in [-0.25, -0.2) is 4.39 Å². The zero-order chi connectivity index (χ0) is 15.8. The quantitative estimate of drug-likeness (QED) is 0.594. The van der Waals surface area contributed by atoms with Crippen molar-refractivity contribution in [2.45, 2.75) is 30.2 Å². The number of hydrogen-bond acceptors (Lipinski definition) is 6. The maximum atomic E-state index is 13.7. The van der Waals surface area contributed by atoms with Gasteiger partial charge in [0.05, 0.1) is 11.1 Å². The summed E-state index contributed by atoms with van der Waals surface area (Å²) in [5.74, 6) is -2.51. The van der Waals surface area contributed by atoms with Crippen LogP contribution in [-0.2, 0) is 15.3 Å². The van der Waals surface area contributed by atoms with Gasteiger partial charge in [-0.1, -0.05) is 6.07 Å². The van der Waals surface area contributed by atoms with Crippen molar-refractivity contribution in [3.63, 3.8) is 0 Å². The minimum atomic E-state index is -1.90. The topological polar surface area (TPSA) is 99.4 Å². The first-order valence-electron chi connectivity index (χ1n) is 6.21. The zero-order valence-electron chi connectivity index (χ0n) is 11.1. The Labute approximate surface area is 128 Å². The van der Waals surface area contributed by atoms with Crippen molar-refractivity contribution < 1.29 is 34.3 Å². The predicted molar refractivity (Wildman–Crippen MR) is 72.8 cm³/mol. The lowest BCUT2D eigenvalue weighted by atomic mass is 9.88. The maximum absolute atomic E-state index is 13.7. The highest BCUT2D eigenvalue weighted by Crippen LogP contribution is 2.39. The number of ether oxygens (including phenoxy) is 2. The van der Waals surface area contributed by atoms with E-state index in [1.165, 1.54) is 19.2 Å². The van der Waals surface area contributed by atoms with Crippen LogP contribution in [0.3, 0.4) is 0 Å². The monoisotopic (exact) mass is 366 g/mol. The molecule has 1 aliphatic rings. The van der Waals surface area contributed by atoms with E-state index in [9.17, 15) is 24.8 Å². The highest BCUT2D eigenvalue weighted by molar-refractivity contribution is 9.10. The van der Waals surface area contributed by atoms with Gasteiger partial charge in [0.25, 0.3) is 0 Å². The van der Waals surface area contributed by atoms with Crippen LogP contribution in [0.4, 0.5) is 4.39 Å². The number of halogens is 2. The number of hydrogen-bond donors (Lipinski definition) is 4. The Bertz CT molecular complexity index is 513. The largest absolute Gasteiger partial charge is 0.394 e. The summed E-state index contributed by atoms with van der Waals surface area (Å²) in [4.78, 5) is 0. The highest BCUT2D eigenvalue weighted by Gasteiger charge is 2.55. The Morgan fingerprint density at radius 2 is 2.00 bits per heavy atom. The fraction of sp³-hybridized carbons (Fsp3) is 0.538. The minimum absolute atomic E-state index is 0.114. The lowest BCUT2D eigenvalue weighted by Gasteiger charge is -2.47. The molecule has 0 bridgehead atoms. The van der Waals surface area contributed by atoms with Crippen molar-refractivity contribution in [1.29, 1.82) is 0 Å². The molecule has 4 N–H and O–H groups in total. The minimum Gasteiger partial charge on any atom is -0.394 e. The Morgan fingerprint density at radius 1 is 1.33 bits per heavy atom. The zero-order valence-corrected chi connectivity index (χ0v) is 12.7. The van der Waals surface area contributed by atoms with Gasteiger partial charge in [-0.15, -0.1) is 0 Å². The number of methoxy groups -OCH3 is 1. The summed E-state index contributed by atoms with van der Waals surface area (Å²) in [6.07, 6.45) is -5.97. The van der Waals surface area contributed by atoms with Gasteiger partial charge in [0, 0.05) is 12.7 Å². The van der Waals surface area contributed by atoms with Gasteiger partial charge >= 0.3 is 0 Å². The summed E-state index contributed by atoms with van der Waals surface area (Å²) in [6, 6.07) is 3.92. The summed E-state index contributed by atoms with van der Waals surface area (Å²) in [5.41, 5.74) is 0.114. The van der Waals surface area contributed by atoms with Crippen LogP contribution in [0.2, 0.25) is 0 Å². The molecule has 118 valence electrons. The second-order valence-electron chi connectivity index (χ2n) is 4.77. The van der Waals surface area contributed by atoms with Crippen molar-refractivity contribution in [3.8, 4) is 0 Å². The summed E-state index contributed by atoms with van der Waals surface area (Å²) < 4.78 is 24.6. The fourth-order valence-electron chi connectivity index (χ4n) is 2.38. The van der Waals surface area contributed by atoms with Crippen LogP contribution in [0, 0.1) is 5.82 Å². The number of aliphatic hydroxyl groups excluding tert-OH is 4. The Morgan fingerprint density at radius 3 is 2.52 bits per heavy atom. The molecule has 1 aromatic rings. The van der Waals surface area contributed by atoms with E-state index in [1.54, 1.807) is 0 Å². The molecule has 6 nitrogen and oxygen atoms in total. The van der Waals surface area contributed by atoms with E-state index in [0.717, 1.165) is 6.07 Å². The molecule has 0 spiro atoms. The summed E-state index contributed by atoms with van der Waals surface area (Å²) in [7, 11) is 1.21. The SMILES string of the molecule is CO[C@@]1(c2ccc(Br)c(F)c2)O[C@H](CO)[C@@H](O)[C@H](O)[C@H]1O. The molecule has 0 aromatic heterocycles. The van der Waals surface area contributed by atoms with E-state index in [0.29, 0.717) is 0 Å². The van der Waals surface area contributed by atoms with Crippen LogP contribution in [0.5, 0.6) is 0 Å². The van der Waals surface area contributed by atoms with Gasteiger partial charge in [-0.2, -0.15) is 0 Å². The molecular weight excluding hydrogens is 351 g/mol. The van der Waals surface area contributed by atoms with Gasteiger partial charge in [-0.05, 0) is 28.1 Å². The summed E-state index contributed by atoms with van der Waals surface area (Å²) >= 11 is 3.01. The molecule has 1 heterocycles. The van der Waals surface area contributed by atoms with Crippen LogP contribution in [0.1, 0.15) is 5.56 Å². The molecular formula is C13H16BrFO6. The Balaban J connectivity index is 2.49. The van der Waals surface area contributed by atoms with Gasteiger partial charge in [0.1, 0.15) is 30.2 Å². The van der Waals surface area contributed by atoms with Crippen molar-refractivity contribution in [1.82, 2.24) is 0 Å². The van der Waals surface area contributed by atoms with Crippen LogP contribution < -0.4 is 0 Å². The van der Waals surface area contributed by atoms with Crippen molar-refractivity contribution in [2.75, 3.05) is 13.7 Å². The molecule has 1 fully saturated rings. The number of benzene rings is 1. The van der Waals surface area contributed by atoms with E-state index in [1.807, 2.05) is 0 Å². The highest BCUT2D eigenvalue weighted by atomic mass is 79.9. The molecule has 1 saturated heterocycles. The maximum Gasteiger partial charge on any atom is 0.224 e. The third-order valence-corrected chi connectivity index (χ3v) is 4.22. The Kier molecular flexibility index (Phi) is 4.99. The van der Waals surface area contributed by atoms with Crippen LogP contribution in [-0.4, -0.2) is 58.6 Å². The van der Waals surface area contributed by atoms with Crippen molar-refractivity contribution in [2.24, 2.45) is 0 Å². The standard InChI is InChI=1S/C13H16BrFO6/c1-20-13(6-2-3-7(14)8(15)4-6)12(19)11(18)10(17)9(5-16)21-13/h2-4,9-12,16-19H,5H2,1H3/t9-,10-,11+,12-,13+/m1/s1. The van der Waals surface area contributed by atoms with Gasteiger partial charge in [0.15, 0.2) is 0 Å². The lowest BCUT2D eigenvalue weighted by Crippen LogP contribution is -2.64. The van der Waals surface area contributed by atoms with Gasteiger partial charge in [-0.3, -0.25) is 0 Å². The Hall–Kier alpha value is -0.610. The number of rotatable bonds is 3. The molecule has 0 unspecified atom stereocenters. The fourth-order valence-corrected chi connectivity index (χ4v) is 2.63. The molecule has 21 heavy (non-hydrogen) atoms. The van der Waals surface area contributed by atoms with Crippen LogP contribution in [0.15, 0.2) is 22.7 Å². The third kappa shape index (κ3) is 2.72.